The van der Waals surface area contributed by atoms with Crippen LogP contribution in [0.2, 0.25) is 0 Å². The van der Waals surface area contributed by atoms with Crippen molar-refractivity contribution >= 4 is 20.8 Å². The molecule has 0 aliphatic carbocycles. The lowest BCUT2D eigenvalue weighted by Gasteiger charge is -2.34. The lowest BCUT2D eigenvalue weighted by atomic mass is 10.1. The molecular weight excluding hydrogens is 296 g/mol. The van der Waals surface area contributed by atoms with Crippen LogP contribution < -0.4 is 0 Å². The summed E-state index contributed by atoms with van der Waals surface area (Å²) in [4.78, 5) is 2.63. The molecule has 0 unspecified atom stereocenters. The molecule has 2 aromatic carbocycles. The highest BCUT2D eigenvalue weighted by Crippen LogP contribution is 2.25. The molecule has 1 aliphatic heterocycles. The standard InChI is InChI=1S/C17H22N2O2S/c1-18-11-9-16(10-12-18)19(2)22(20,21)17-8-7-14-5-3-4-6-15(14)13-17/h3-8,13,16H,9-12H2,1-2H3. The van der Waals surface area contributed by atoms with E-state index in [1.807, 2.05) is 30.3 Å². The van der Waals surface area contributed by atoms with E-state index in [1.54, 1.807) is 23.5 Å². The summed E-state index contributed by atoms with van der Waals surface area (Å²) in [6.45, 7) is 1.89. The van der Waals surface area contributed by atoms with Crippen molar-refractivity contribution in [3.05, 3.63) is 42.5 Å². The van der Waals surface area contributed by atoms with Gasteiger partial charge in [0.25, 0.3) is 0 Å². The van der Waals surface area contributed by atoms with Gasteiger partial charge in [-0.1, -0.05) is 30.3 Å². The van der Waals surface area contributed by atoms with Gasteiger partial charge in [0.15, 0.2) is 0 Å². The fourth-order valence-corrected chi connectivity index (χ4v) is 4.50. The van der Waals surface area contributed by atoms with Crippen molar-refractivity contribution in [1.82, 2.24) is 9.21 Å². The lowest BCUT2D eigenvalue weighted by Crippen LogP contribution is -2.44. The van der Waals surface area contributed by atoms with Crippen LogP contribution in [-0.2, 0) is 10.0 Å². The zero-order valence-electron chi connectivity index (χ0n) is 13.1. The van der Waals surface area contributed by atoms with Crippen molar-refractivity contribution in [2.45, 2.75) is 23.8 Å². The second-order valence-electron chi connectivity index (χ2n) is 6.06. The Morgan fingerprint density at radius 2 is 1.68 bits per heavy atom. The number of rotatable bonds is 3. The molecule has 0 atom stereocenters. The molecule has 1 aliphatic rings. The van der Waals surface area contributed by atoms with Crippen LogP contribution in [0.25, 0.3) is 10.8 Å². The second-order valence-corrected chi connectivity index (χ2v) is 8.06. The lowest BCUT2D eigenvalue weighted by molar-refractivity contribution is 0.197. The third-order valence-electron chi connectivity index (χ3n) is 4.60. The van der Waals surface area contributed by atoms with E-state index in [0.717, 1.165) is 36.7 Å². The maximum absolute atomic E-state index is 12.9. The Morgan fingerprint density at radius 1 is 1.05 bits per heavy atom. The van der Waals surface area contributed by atoms with E-state index in [0.29, 0.717) is 4.90 Å². The van der Waals surface area contributed by atoms with Gasteiger partial charge in [-0.05, 0) is 55.9 Å². The predicted octanol–water partition coefficient (Wildman–Crippen LogP) is 2.55. The molecule has 2 aromatic rings. The van der Waals surface area contributed by atoms with Crippen molar-refractivity contribution in [2.75, 3.05) is 27.2 Å². The van der Waals surface area contributed by atoms with E-state index >= 15 is 0 Å². The molecule has 1 saturated heterocycles. The molecule has 0 amide bonds. The van der Waals surface area contributed by atoms with Crippen LogP contribution in [-0.4, -0.2) is 50.8 Å². The molecular formula is C17H22N2O2S. The van der Waals surface area contributed by atoms with Gasteiger partial charge in [0.05, 0.1) is 4.90 Å². The van der Waals surface area contributed by atoms with E-state index in [2.05, 4.69) is 11.9 Å². The molecule has 22 heavy (non-hydrogen) atoms. The predicted molar refractivity (Wildman–Crippen MR) is 89.4 cm³/mol. The third-order valence-corrected chi connectivity index (χ3v) is 6.51. The molecule has 0 bridgehead atoms. The highest BCUT2D eigenvalue weighted by atomic mass is 32.2. The summed E-state index contributed by atoms with van der Waals surface area (Å²) in [5.74, 6) is 0. The smallest absolute Gasteiger partial charge is 0.243 e. The van der Waals surface area contributed by atoms with Crippen molar-refractivity contribution in [3.63, 3.8) is 0 Å². The Morgan fingerprint density at radius 3 is 2.36 bits per heavy atom. The van der Waals surface area contributed by atoms with E-state index in [4.69, 9.17) is 0 Å². The first-order valence-corrected chi connectivity index (χ1v) is 9.08. The number of hydrogen-bond donors (Lipinski definition) is 0. The third kappa shape index (κ3) is 2.89. The molecule has 1 heterocycles. The molecule has 5 heteroatoms. The normalized spacial score (nSPS) is 18.1. The van der Waals surface area contributed by atoms with Gasteiger partial charge >= 0.3 is 0 Å². The molecule has 0 spiro atoms. The fraction of sp³-hybridized carbons (Fsp3) is 0.412. The van der Waals surface area contributed by atoms with Gasteiger partial charge in [0.1, 0.15) is 0 Å². The Bertz CT molecular complexity index is 765. The minimum absolute atomic E-state index is 0.0904. The molecule has 0 saturated carbocycles. The van der Waals surface area contributed by atoms with Gasteiger partial charge < -0.3 is 4.90 Å². The first kappa shape index (κ1) is 15.5. The Labute approximate surface area is 132 Å². The molecule has 1 fully saturated rings. The van der Waals surface area contributed by atoms with Gasteiger partial charge in [-0.3, -0.25) is 0 Å². The van der Waals surface area contributed by atoms with Crippen LogP contribution in [0.5, 0.6) is 0 Å². The number of fused-ring (bicyclic) bond motifs is 1. The van der Waals surface area contributed by atoms with Gasteiger partial charge in [0.2, 0.25) is 10.0 Å². The average molecular weight is 318 g/mol. The molecule has 0 radical (unpaired) electrons. The van der Waals surface area contributed by atoms with Crippen LogP contribution >= 0.6 is 0 Å². The summed E-state index contributed by atoms with van der Waals surface area (Å²) in [7, 11) is 0.354. The molecule has 3 rings (SSSR count). The number of benzene rings is 2. The van der Waals surface area contributed by atoms with Crippen LogP contribution in [0.15, 0.2) is 47.4 Å². The second kappa shape index (κ2) is 5.99. The van der Waals surface area contributed by atoms with Crippen LogP contribution in [0.3, 0.4) is 0 Å². The van der Waals surface area contributed by atoms with Gasteiger partial charge in [-0.15, -0.1) is 0 Å². The summed E-state index contributed by atoms with van der Waals surface area (Å²) in [5, 5.41) is 2.02. The number of sulfonamides is 1. The first-order valence-electron chi connectivity index (χ1n) is 7.64. The highest BCUT2D eigenvalue weighted by molar-refractivity contribution is 7.89. The minimum Gasteiger partial charge on any atom is -0.306 e. The van der Waals surface area contributed by atoms with E-state index in [9.17, 15) is 8.42 Å². The monoisotopic (exact) mass is 318 g/mol. The van der Waals surface area contributed by atoms with Gasteiger partial charge in [0, 0.05) is 13.1 Å². The zero-order valence-corrected chi connectivity index (χ0v) is 13.9. The van der Waals surface area contributed by atoms with Crippen molar-refractivity contribution in [1.29, 1.82) is 0 Å². The summed E-state index contributed by atoms with van der Waals surface area (Å²) < 4.78 is 27.3. The Kier molecular flexibility index (Phi) is 4.21. The summed E-state index contributed by atoms with van der Waals surface area (Å²) in [6, 6.07) is 13.3. The fourth-order valence-electron chi connectivity index (χ4n) is 3.05. The van der Waals surface area contributed by atoms with Crippen molar-refractivity contribution in [3.8, 4) is 0 Å². The molecule has 0 aromatic heterocycles. The van der Waals surface area contributed by atoms with Gasteiger partial charge in [-0.2, -0.15) is 4.31 Å². The number of piperidine rings is 1. The largest absolute Gasteiger partial charge is 0.306 e. The molecule has 4 nitrogen and oxygen atoms in total. The van der Waals surface area contributed by atoms with Crippen LogP contribution in [0.1, 0.15) is 12.8 Å². The zero-order chi connectivity index (χ0) is 15.7. The average Bonchev–Trinajstić information content (AvgIpc) is 2.54. The molecule has 118 valence electrons. The Hall–Kier alpha value is -1.43. The Balaban J connectivity index is 1.90. The topological polar surface area (TPSA) is 40.6 Å². The van der Waals surface area contributed by atoms with Crippen molar-refractivity contribution < 1.29 is 8.42 Å². The highest BCUT2D eigenvalue weighted by Gasteiger charge is 2.30. The summed E-state index contributed by atoms with van der Waals surface area (Å²) in [5.41, 5.74) is 0. The van der Waals surface area contributed by atoms with E-state index < -0.39 is 10.0 Å². The first-order chi connectivity index (χ1) is 10.5. The van der Waals surface area contributed by atoms with Crippen LogP contribution in [0.4, 0.5) is 0 Å². The van der Waals surface area contributed by atoms with E-state index in [1.165, 1.54) is 0 Å². The number of likely N-dealkylation sites (tertiary alicyclic amines) is 1. The van der Waals surface area contributed by atoms with Gasteiger partial charge in [-0.25, -0.2) is 8.42 Å². The maximum Gasteiger partial charge on any atom is 0.243 e. The van der Waals surface area contributed by atoms with Crippen molar-refractivity contribution in [2.24, 2.45) is 0 Å². The molecule has 0 N–H and O–H groups in total. The quantitative estimate of drug-likeness (QED) is 0.873. The maximum atomic E-state index is 12.9. The van der Waals surface area contributed by atoms with E-state index in [-0.39, 0.29) is 6.04 Å². The SMILES string of the molecule is CN1CCC(N(C)S(=O)(=O)c2ccc3ccccc3c2)CC1. The number of nitrogens with zero attached hydrogens (tertiary/aromatic N) is 2. The minimum atomic E-state index is -3.43. The summed E-state index contributed by atoms with van der Waals surface area (Å²) in [6.07, 6.45) is 1.78. The summed E-state index contributed by atoms with van der Waals surface area (Å²) >= 11 is 0. The van der Waals surface area contributed by atoms with Crippen LogP contribution in [0, 0.1) is 0 Å². The number of hydrogen-bond acceptors (Lipinski definition) is 3.